The molecule has 118 valence electrons. The first-order chi connectivity index (χ1) is 10.2. The monoisotopic (exact) mass is 294 g/mol. The molecule has 0 amide bonds. The lowest BCUT2D eigenvalue weighted by Crippen LogP contribution is -2.49. The number of rotatable bonds is 7. The summed E-state index contributed by atoms with van der Waals surface area (Å²) in [5.41, 5.74) is 0.920. The SMILES string of the molecule is CCOC(CN1CCN(c2ccccc2O)CC1)OCC. The Bertz CT molecular complexity index is 414. The molecule has 0 unspecified atom stereocenters. The minimum absolute atomic E-state index is 0.142. The van der Waals surface area contributed by atoms with Gasteiger partial charge in [0, 0.05) is 45.9 Å². The number of ether oxygens (including phenoxy) is 2. The van der Waals surface area contributed by atoms with Crippen molar-refractivity contribution in [1.82, 2.24) is 4.90 Å². The van der Waals surface area contributed by atoms with Gasteiger partial charge in [0.2, 0.25) is 0 Å². The normalized spacial score (nSPS) is 16.6. The maximum Gasteiger partial charge on any atom is 0.170 e. The van der Waals surface area contributed by atoms with Crippen molar-refractivity contribution in [2.75, 3.05) is 50.8 Å². The summed E-state index contributed by atoms with van der Waals surface area (Å²) in [4.78, 5) is 4.58. The molecule has 0 radical (unpaired) electrons. The summed E-state index contributed by atoms with van der Waals surface area (Å²) in [7, 11) is 0. The van der Waals surface area contributed by atoms with Gasteiger partial charge in [-0.25, -0.2) is 0 Å². The molecule has 0 atom stereocenters. The van der Waals surface area contributed by atoms with E-state index >= 15 is 0 Å². The van der Waals surface area contributed by atoms with Crippen LogP contribution in [0.25, 0.3) is 0 Å². The predicted octanol–water partition coefficient (Wildman–Crippen LogP) is 1.91. The standard InChI is InChI=1S/C16H26N2O3/c1-3-20-16(21-4-2)13-17-9-11-18(12-10-17)14-7-5-6-8-15(14)19/h5-8,16,19H,3-4,9-13H2,1-2H3. The molecule has 1 aromatic carbocycles. The van der Waals surface area contributed by atoms with Crippen molar-refractivity contribution >= 4 is 5.69 Å². The largest absolute Gasteiger partial charge is 0.506 e. The summed E-state index contributed by atoms with van der Waals surface area (Å²) < 4.78 is 11.2. The summed E-state index contributed by atoms with van der Waals surface area (Å²) >= 11 is 0. The first kappa shape index (κ1) is 16.1. The Morgan fingerprint density at radius 2 is 1.67 bits per heavy atom. The summed E-state index contributed by atoms with van der Waals surface area (Å²) in [6, 6.07) is 7.52. The van der Waals surface area contributed by atoms with Crippen LogP contribution in [0.1, 0.15) is 13.8 Å². The van der Waals surface area contributed by atoms with E-state index in [0.717, 1.165) is 38.4 Å². The van der Waals surface area contributed by atoms with Crippen LogP contribution in [0.15, 0.2) is 24.3 Å². The van der Waals surface area contributed by atoms with E-state index in [-0.39, 0.29) is 6.29 Å². The highest BCUT2D eigenvalue weighted by molar-refractivity contribution is 5.57. The van der Waals surface area contributed by atoms with Crippen LogP contribution in [0.5, 0.6) is 5.75 Å². The highest BCUT2D eigenvalue weighted by Crippen LogP contribution is 2.27. The molecule has 1 aliphatic rings. The first-order valence-electron chi connectivity index (χ1n) is 7.73. The van der Waals surface area contributed by atoms with Crippen molar-refractivity contribution in [2.24, 2.45) is 0 Å². The second-order valence-electron chi connectivity index (χ2n) is 5.12. The molecular formula is C16H26N2O3. The van der Waals surface area contributed by atoms with Crippen LogP contribution < -0.4 is 4.90 Å². The van der Waals surface area contributed by atoms with Gasteiger partial charge in [0.1, 0.15) is 5.75 Å². The lowest BCUT2D eigenvalue weighted by molar-refractivity contribution is -0.147. The molecule has 1 fully saturated rings. The van der Waals surface area contributed by atoms with Crippen molar-refractivity contribution < 1.29 is 14.6 Å². The van der Waals surface area contributed by atoms with E-state index < -0.39 is 0 Å². The van der Waals surface area contributed by atoms with Gasteiger partial charge >= 0.3 is 0 Å². The molecule has 1 aliphatic heterocycles. The fourth-order valence-corrected chi connectivity index (χ4v) is 2.64. The molecule has 21 heavy (non-hydrogen) atoms. The van der Waals surface area contributed by atoms with E-state index in [2.05, 4.69) is 9.80 Å². The molecule has 2 rings (SSSR count). The zero-order valence-corrected chi connectivity index (χ0v) is 13.0. The van der Waals surface area contributed by atoms with Crippen LogP contribution >= 0.6 is 0 Å². The zero-order valence-electron chi connectivity index (χ0n) is 13.0. The number of anilines is 1. The van der Waals surface area contributed by atoms with E-state index in [1.807, 2.05) is 32.0 Å². The number of aromatic hydroxyl groups is 1. The second kappa shape index (κ2) is 8.22. The van der Waals surface area contributed by atoms with Gasteiger partial charge in [-0.15, -0.1) is 0 Å². The summed E-state index contributed by atoms with van der Waals surface area (Å²) in [6.45, 7) is 9.83. The zero-order chi connectivity index (χ0) is 15.1. The Morgan fingerprint density at radius 3 is 2.24 bits per heavy atom. The minimum atomic E-state index is -0.142. The molecule has 0 aromatic heterocycles. The van der Waals surface area contributed by atoms with Crippen molar-refractivity contribution in [3.05, 3.63) is 24.3 Å². The van der Waals surface area contributed by atoms with Gasteiger partial charge in [0.25, 0.3) is 0 Å². The van der Waals surface area contributed by atoms with Gasteiger partial charge in [-0.2, -0.15) is 0 Å². The smallest absolute Gasteiger partial charge is 0.170 e. The average Bonchev–Trinajstić information content (AvgIpc) is 2.49. The minimum Gasteiger partial charge on any atom is -0.506 e. The van der Waals surface area contributed by atoms with Gasteiger partial charge in [-0.1, -0.05) is 12.1 Å². The van der Waals surface area contributed by atoms with Crippen molar-refractivity contribution in [1.29, 1.82) is 0 Å². The lowest BCUT2D eigenvalue weighted by Gasteiger charge is -2.37. The Morgan fingerprint density at radius 1 is 1.05 bits per heavy atom. The molecular weight excluding hydrogens is 268 g/mol. The van der Waals surface area contributed by atoms with Crippen molar-refractivity contribution in [2.45, 2.75) is 20.1 Å². The van der Waals surface area contributed by atoms with Gasteiger partial charge in [-0.05, 0) is 26.0 Å². The summed E-state index contributed by atoms with van der Waals surface area (Å²) in [5.74, 6) is 0.354. The summed E-state index contributed by atoms with van der Waals surface area (Å²) in [5, 5.41) is 9.92. The Hall–Kier alpha value is -1.30. The maximum atomic E-state index is 9.92. The highest BCUT2D eigenvalue weighted by atomic mass is 16.7. The van der Waals surface area contributed by atoms with E-state index in [1.165, 1.54) is 0 Å². The molecule has 0 spiro atoms. The van der Waals surface area contributed by atoms with Crippen molar-refractivity contribution in [3.63, 3.8) is 0 Å². The quantitative estimate of drug-likeness (QED) is 0.778. The number of hydrogen-bond acceptors (Lipinski definition) is 5. The second-order valence-corrected chi connectivity index (χ2v) is 5.12. The van der Waals surface area contributed by atoms with Gasteiger partial charge in [0.15, 0.2) is 6.29 Å². The molecule has 1 N–H and O–H groups in total. The lowest BCUT2D eigenvalue weighted by atomic mass is 10.2. The molecule has 1 saturated heterocycles. The predicted molar refractivity (Wildman–Crippen MR) is 83.8 cm³/mol. The Balaban J connectivity index is 1.84. The number of phenolic OH excluding ortho intramolecular Hbond substituents is 1. The third-order valence-corrected chi connectivity index (χ3v) is 3.71. The van der Waals surface area contributed by atoms with Crippen LogP contribution in [0.4, 0.5) is 5.69 Å². The van der Waals surface area contributed by atoms with Crippen LogP contribution in [-0.4, -0.2) is 62.2 Å². The molecule has 5 heteroatoms. The van der Waals surface area contributed by atoms with Gasteiger partial charge in [-0.3, -0.25) is 4.90 Å². The van der Waals surface area contributed by atoms with E-state index in [0.29, 0.717) is 19.0 Å². The molecule has 0 saturated carbocycles. The Labute approximate surface area is 127 Å². The van der Waals surface area contributed by atoms with E-state index in [4.69, 9.17) is 9.47 Å². The van der Waals surface area contributed by atoms with Gasteiger partial charge < -0.3 is 19.5 Å². The highest BCUT2D eigenvalue weighted by Gasteiger charge is 2.21. The average molecular weight is 294 g/mol. The number of para-hydroxylation sites is 2. The third kappa shape index (κ3) is 4.59. The van der Waals surface area contributed by atoms with Crippen LogP contribution in [0.2, 0.25) is 0 Å². The number of piperazine rings is 1. The van der Waals surface area contributed by atoms with Crippen LogP contribution in [-0.2, 0) is 9.47 Å². The topological polar surface area (TPSA) is 45.2 Å². The van der Waals surface area contributed by atoms with E-state index in [1.54, 1.807) is 6.07 Å². The fourth-order valence-electron chi connectivity index (χ4n) is 2.64. The molecule has 1 heterocycles. The first-order valence-corrected chi connectivity index (χ1v) is 7.73. The Kier molecular flexibility index (Phi) is 6.29. The number of phenols is 1. The molecule has 1 aromatic rings. The maximum absolute atomic E-state index is 9.92. The van der Waals surface area contributed by atoms with E-state index in [9.17, 15) is 5.11 Å². The summed E-state index contributed by atoms with van der Waals surface area (Å²) in [6.07, 6.45) is -0.142. The number of nitrogens with zero attached hydrogens (tertiary/aromatic N) is 2. The molecule has 5 nitrogen and oxygen atoms in total. The molecule has 0 aliphatic carbocycles. The van der Waals surface area contributed by atoms with Gasteiger partial charge in [0.05, 0.1) is 5.69 Å². The van der Waals surface area contributed by atoms with Crippen LogP contribution in [0, 0.1) is 0 Å². The number of hydrogen-bond donors (Lipinski definition) is 1. The fraction of sp³-hybridized carbons (Fsp3) is 0.625. The van der Waals surface area contributed by atoms with Crippen molar-refractivity contribution in [3.8, 4) is 5.75 Å². The number of benzene rings is 1. The van der Waals surface area contributed by atoms with Crippen LogP contribution in [0.3, 0.4) is 0 Å². The third-order valence-electron chi connectivity index (χ3n) is 3.71. The molecule has 0 bridgehead atoms.